The summed E-state index contributed by atoms with van der Waals surface area (Å²) in [6.07, 6.45) is 1.89. The van der Waals surface area contributed by atoms with Gasteiger partial charge in [-0.3, -0.25) is 9.59 Å². The number of methoxy groups -OCH3 is 2. The Balaban J connectivity index is 1.29. The first-order valence-corrected chi connectivity index (χ1v) is 19.0. The van der Waals surface area contributed by atoms with Crippen LogP contribution < -0.4 is 10.6 Å². The van der Waals surface area contributed by atoms with Crippen molar-refractivity contribution in [3.8, 4) is 23.1 Å². The SMILES string of the molecule is COC(=O)N[C@H](C(=O)N1C[C@@H](C)C[C@H]1c1ncc(C#Cc2ccc(-c3nc([C@@H]4C[C@H](C)CN4C(=O)[C@@H](NC(=O)OC)C(C)C)[nH]c3I)cc2)[nH]1)C(C)C. The molecule has 2 saturated heterocycles. The number of ether oxygens (including phenoxy) is 2. The third-order valence-electron chi connectivity index (χ3n) is 9.77. The van der Waals surface area contributed by atoms with Crippen LogP contribution in [0.1, 0.15) is 89.4 Å². The highest BCUT2D eigenvalue weighted by atomic mass is 127. The number of rotatable bonds is 9. The lowest BCUT2D eigenvalue weighted by atomic mass is 10.0. The summed E-state index contributed by atoms with van der Waals surface area (Å²) in [5, 5.41) is 5.39. The van der Waals surface area contributed by atoms with E-state index in [4.69, 9.17) is 14.5 Å². The lowest BCUT2D eigenvalue weighted by molar-refractivity contribution is -0.136. The van der Waals surface area contributed by atoms with Gasteiger partial charge in [0.2, 0.25) is 11.8 Å². The minimum atomic E-state index is -0.714. The van der Waals surface area contributed by atoms with Crippen molar-refractivity contribution in [3.63, 3.8) is 0 Å². The Morgan fingerprint density at radius 3 is 1.81 bits per heavy atom. The molecule has 5 rings (SSSR count). The highest BCUT2D eigenvalue weighted by Gasteiger charge is 2.41. The van der Waals surface area contributed by atoms with Crippen molar-refractivity contribution in [1.82, 2.24) is 40.4 Å². The Bertz CT molecular complexity index is 1860. The molecular formula is C38H49IN8O6. The van der Waals surface area contributed by atoms with Crippen LogP contribution in [0.5, 0.6) is 0 Å². The van der Waals surface area contributed by atoms with Crippen molar-refractivity contribution in [2.75, 3.05) is 27.3 Å². The summed E-state index contributed by atoms with van der Waals surface area (Å²) in [6, 6.07) is 5.86. The van der Waals surface area contributed by atoms with Crippen molar-refractivity contribution in [2.24, 2.45) is 23.7 Å². The van der Waals surface area contributed by atoms with E-state index in [1.807, 2.05) is 56.9 Å². The summed E-state index contributed by atoms with van der Waals surface area (Å²) >= 11 is 2.23. The largest absolute Gasteiger partial charge is 0.453 e. The maximum Gasteiger partial charge on any atom is 0.407 e. The van der Waals surface area contributed by atoms with Crippen LogP contribution >= 0.6 is 22.6 Å². The van der Waals surface area contributed by atoms with Crippen LogP contribution in [-0.2, 0) is 19.1 Å². The number of nitrogens with one attached hydrogen (secondary N) is 4. The van der Waals surface area contributed by atoms with Gasteiger partial charge in [0.15, 0.2) is 0 Å². The fraction of sp³-hybridized carbons (Fsp3) is 0.526. The molecule has 0 saturated carbocycles. The monoisotopic (exact) mass is 840 g/mol. The average molecular weight is 841 g/mol. The summed E-state index contributed by atoms with van der Waals surface area (Å²) < 4.78 is 10.4. The standard InChI is InChI=1S/C38H49IN8O6/c1-20(2)29(43-37(50)52-7)35(48)46-18-22(5)15-27(46)33-40-17-26(41-33)14-11-24-9-12-25(13-10-24)31-32(39)45-34(42-31)28-16-23(6)19-47(28)36(49)30(21(3)4)44-38(51)53-8/h9-10,12-13,17,20-23,27-30H,15-16,18-19H2,1-8H3,(H,40,41)(H,42,45)(H,43,50)(H,44,51)/t22-,23-,27-,28-,29-,30-/m0/s1. The van der Waals surface area contributed by atoms with Gasteiger partial charge in [-0.05, 0) is 77.2 Å². The molecule has 4 N–H and O–H groups in total. The molecule has 284 valence electrons. The number of imidazole rings is 2. The molecule has 0 unspecified atom stereocenters. The summed E-state index contributed by atoms with van der Waals surface area (Å²) in [5.74, 6) is 7.67. The Labute approximate surface area is 324 Å². The third-order valence-corrected chi connectivity index (χ3v) is 10.6. The normalized spacial score (nSPS) is 20.9. The Morgan fingerprint density at radius 1 is 0.811 bits per heavy atom. The lowest BCUT2D eigenvalue weighted by Crippen LogP contribution is -2.51. The molecule has 4 amide bonds. The number of nitrogens with zero attached hydrogens (tertiary/aromatic N) is 4. The number of aromatic amines is 2. The molecule has 4 heterocycles. The Morgan fingerprint density at radius 2 is 1.32 bits per heavy atom. The third kappa shape index (κ3) is 9.14. The number of likely N-dealkylation sites (tertiary alicyclic amines) is 2. The number of carbonyl (C=O) groups excluding carboxylic acids is 4. The lowest BCUT2D eigenvalue weighted by Gasteiger charge is -2.30. The predicted molar refractivity (Wildman–Crippen MR) is 206 cm³/mol. The summed E-state index contributed by atoms with van der Waals surface area (Å²) in [6.45, 7) is 12.9. The number of halogens is 1. The molecule has 2 fully saturated rings. The second-order valence-electron chi connectivity index (χ2n) is 14.7. The first kappa shape index (κ1) is 39.6. The van der Waals surface area contributed by atoms with Gasteiger partial charge in [0.05, 0.1) is 32.5 Å². The maximum atomic E-state index is 13.7. The summed E-state index contributed by atoms with van der Waals surface area (Å²) in [7, 11) is 2.56. The van der Waals surface area contributed by atoms with Crippen LogP contribution in [0.2, 0.25) is 0 Å². The molecule has 53 heavy (non-hydrogen) atoms. The molecule has 2 aliphatic rings. The van der Waals surface area contributed by atoms with E-state index in [1.54, 1.807) is 11.1 Å². The maximum absolute atomic E-state index is 13.7. The van der Waals surface area contributed by atoms with Gasteiger partial charge in [-0.15, -0.1) is 0 Å². The van der Waals surface area contributed by atoms with E-state index in [9.17, 15) is 19.2 Å². The zero-order valence-electron chi connectivity index (χ0n) is 31.5. The molecule has 0 aliphatic carbocycles. The van der Waals surface area contributed by atoms with E-state index >= 15 is 0 Å². The molecule has 3 aromatic rings. The Hall–Kier alpha value is -4.59. The van der Waals surface area contributed by atoms with Gasteiger partial charge >= 0.3 is 12.2 Å². The minimum Gasteiger partial charge on any atom is -0.453 e. The number of benzene rings is 1. The van der Waals surface area contributed by atoms with Crippen molar-refractivity contribution in [3.05, 3.63) is 57.1 Å². The van der Waals surface area contributed by atoms with Gasteiger partial charge in [-0.25, -0.2) is 19.6 Å². The topological polar surface area (TPSA) is 175 Å². The fourth-order valence-electron chi connectivity index (χ4n) is 6.99. The van der Waals surface area contributed by atoms with Crippen LogP contribution in [0, 0.1) is 39.2 Å². The first-order valence-electron chi connectivity index (χ1n) is 17.9. The van der Waals surface area contributed by atoms with E-state index < -0.39 is 24.3 Å². The van der Waals surface area contributed by atoms with Crippen LogP contribution in [0.3, 0.4) is 0 Å². The van der Waals surface area contributed by atoms with Gasteiger partial charge in [0.1, 0.15) is 38.8 Å². The molecule has 15 heteroatoms. The van der Waals surface area contributed by atoms with Gasteiger partial charge < -0.3 is 39.9 Å². The van der Waals surface area contributed by atoms with E-state index in [-0.39, 0.29) is 47.6 Å². The van der Waals surface area contributed by atoms with E-state index in [2.05, 4.69) is 73.9 Å². The van der Waals surface area contributed by atoms with E-state index in [0.717, 1.165) is 33.4 Å². The van der Waals surface area contributed by atoms with Gasteiger partial charge in [0, 0.05) is 24.2 Å². The zero-order valence-corrected chi connectivity index (χ0v) is 33.6. The smallest absolute Gasteiger partial charge is 0.407 e. The van der Waals surface area contributed by atoms with Gasteiger partial charge in [-0.1, -0.05) is 59.6 Å². The zero-order chi connectivity index (χ0) is 38.6. The highest BCUT2D eigenvalue weighted by Crippen LogP contribution is 2.37. The first-order chi connectivity index (χ1) is 25.2. The second-order valence-corrected chi connectivity index (χ2v) is 15.8. The molecule has 14 nitrogen and oxygen atoms in total. The van der Waals surface area contributed by atoms with Crippen molar-refractivity contribution >= 4 is 46.6 Å². The quantitative estimate of drug-likeness (QED) is 0.164. The molecule has 0 spiro atoms. The van der Waals surface area contributed by atoms with E-state index in [0.29, 0.717) is 30.4 Å². The van der Waals surface area contributed by atoms with Crippen LogP contribution in [0.4, 0.5) is 9.59 Å². The predicted octanol–water partition coefficient (Wildman–Crippen LogP) is 5.38. The molecule has 6 atom stereocenters. The number of H-pyrrole nitrogens is 2. The minimum absolute atomic E-state index is 0.125. The summed E-state index contributed by atoms with van der Waals surface area (Å²) in [4.78, 5) is 71.1. The number of carbonyl (C=O) groups is 4. The molecule has 0 radical (unpaired) electrons. The van der Waals surface area contributed by atoms with Gasteiger partial charge in [-0.2, -0.15) is 0 Å². The number of hydrogen-bond donors (Lipinski definition) is 4. The fourth-order valence-corrected chi connectivity index (χ4v) is 7.70. The molecule has 2 aromatic heterocycles. The average Bonchev–Trinajstić information content (AvgIpc) is 3.93. The second kappa shape index (κ2) is 17.0. The molecular weight excluding hydrogens is 791 g/mol. The summed E-state index contributed by atoms with van der Waals surface area (Å²) in [5.41, 5.74) is 3.12. The molecule has 2 aliphatic heterocycles. The van der Waals surface area contributed by atoms with Crippen molar-refractivity contribution in [1.29, 1.82) is 0 Å². The number of alkyl carbamates (subject to hydrolysis) is 2. The van der Waals surface area contributed by atoms with Crippen molar-refractivity contribution in [2.45, 2.75) is 78.6 Å². The highest BCUT2D eigenvalue weighted by molar-refractivity contribution is 14.1. The Kier molecular flexibility index (Phi) is 12.7. The van der Waals surface area contributed by atoms with E-state index in [1.165, 1.54) is 14.2 Å². The molecule has 1 aromatic carbocycles. The molecule has 0 bridgehead atoms. The number of aromatic nitrogens is 4. The van der Waals surface area contributed by atoms with Crippen LogP contribution in [0.25, 0.3) is 11.3 Å². The number of amides is 4. The van der Waals surface area contributed by atoms with Gasteiger partial charge in [0.25, 0.3) is 0 Å². The van der Waals surface area contributed by atoms with Crippen molar-refractivity contribution < 1.29 is 28.7 Å². The number of hydrogen-bond acceptors (Lipinski definition) is 8. The van der Waals surface area contributed by atoms with Crippen LogP contribution in [-0.4, -0.2) is 93.1 Å². The van der Waals surface area contributed by atoms with Crippen LogP contribution in [0.15, 0.2) is 30.5 Å².